The first kappa shape index (κ1) is 16.3. The monoisotopic (exact) mass is 399 g/mol. The van der Waals surface area contributed by atoms with Crippen molar-refractivity contribution in [3.05, 3.63) is 39.0 Å². The van der Waals surface area contributed by atoms with E-state index in [-0.39, 0.29) is 17.3 Å². The molecule has 0 radical (unpaired) electrons. The zero-order chi connectivity index (χ0) is 17.1. The highest BCUT2D eigenvalue weighted by Gasteiger charge is 2.23. The van der Waals surface area contributed by atoms with Crippen molar-refractivity contribution in [3.8, 4) is 17.2 Å². The number of halogens is 2. The molecule has 1 N–H and O–H groups in total. The summed E-state index contributed by atoms with van der Waals surface area (Å²) in [7, 11) is 1.56. The van der Waals surface area contributed by atoms with E-state index in [1.165, 1.54) is 18.2 Å². The molecule has 0 atom stereocenters. The molecule has 3 rings (SSSR count). The van der Waals surface area contributed by atoms with E-state index in [9.17, 15) is 9.18 Å². The fourth-order valence-electron chi connectivity index (χ4n) is 2.00. The average Bonchev–Trinajstić information content (AvgIpc) is 3.14. The molecule has 24 heavy (non-hydrogen) atoms. The number of anilines is 1. The van der Waals surface area contributed by atoms with Crippen molar-refractivity contribution in [2.45, 2.75) is 0 Å². The molecule has 1 aromatic carbocycles. The minimum absolute atomic E-state index is 0.0634. The van der Waals surface area contributed by atoms with E-state index in [0.29, 0.717) is 23.3 Å². The standard InChI is InChI=1S/C13H11BrFN5O4/c1-22-5-4-16-11-10(17-24-18-11)12-19-23-13(21)20(12)9-3-2-7(15)6-8(9)14/h2-3,6H,4-5H2,1H3,(H,16,18). The number of benzene rings is 1. The highest BCUT2D eigenvalue weighted by Crippen LogP contribution is 2.27. The minimum Gasteiger partial charge on any atom is -0.383 e. The highest BCUT2D eigenvalue weighted by molar-refractivity contribution is 9.10. The maximum Gasteiger partial charge on any atom is 0.446 e. The summed E-state index contributed by atoms with van der Waals surface area (Å²) in [6, 6.07) is 3.84. The lowest BCUT2D eigenvalue weighted by Crippen LogP contribution is -2.15. The number of hydrogen-bond acceptors (Lipinski definition) is 8. The first-order chi connectivity index (χ1) is 11.6. The van der Waals surface area contributed by atoms with E-state index in [0.717, 1.165) is 4.57 Å². The topological polar surface area (TPSA) is 108 Å². The van der Waals surface area contributed by atoms with Crippen molar-refractivity contribution >= 4 is 21.7 Å². The number of ether oxygens (including phenoxy) is 1. The van der Waals surface area contributed by atoms with Gasteiger partial charge in [-0.1, -0.05) is 5.16 Å². The second kappa shape index (κ2) is 6.93. The summed E-state index contributed by atoms with van der Waals surface area (Å²) in [6.45, 7) is 0.876. The summed E-state index contributed by atoms with van der Waals surface area (Å²) in [4.78, 5) is 12.0. The molecule has 0 unspecified atom stereocenters. The predicted octanol–water partition coefficient (Wildman–Crippen LogP) is 1.84. The van der Waals surface area contributed by atoms with Crippen molar-refractivity contribution in [1.29, 1.82) is 0 Å². The Bertz CT molecular complexity index is 906. The lowest BCUT2D eigenvalue weighted by Gasteiger charge is -2.06. The Balaban J connectivity index is 2.06. The van der Waals surface area contributed by atoms with Crippen molar-refractivity contribution in [2.75, 3.05) is 25.6 Å². The van der Waals surface area contributed by atoms with Gasteiger partial charge in [0.2, 0.25) is 11.6 Å². The smallest absolute Gasteiger partial charge is 0.383 e. The summed E-state index contributed by atoms with van der Waals surface area (Å²) < 4.78 is 29.1. The van der Waals surface area contributed by atoms with Crippen molar-refractivity contribution in [2.24, 2.45) is 0 Å². The second-order valence-corrected chi connectivity index (χ2v) is 5.44. The summed E-state index contributed by atoms with van der Waals surface area (Å²) >= 11 is 3.21. The molecule has 11 heteroatoms. The van der Waals surface area contributed by atoms with Gasteiger partial charge in [-0.25, -0.2) is 18.4 Å². The second-order valence-electron chi connectivity index (χ2n) is 4.58. The summed E-state index contributed by atoms with van der Waals surface area (Å²) in [5.41, 5.74) is 0.511. The molecule has 9 nitrogen and oxygen atoms in total. The summed E-state index contributed by atoms with van der Waals surface area (Å²) in [5, 5.41) is 14.1. The maximum absolute atomic E-state index is 13.3. The van der Waals surface area contributed by atoms with Crippen LogP contribution in [0.15, 0.2) is 36.6 Å². The van der Waals surface area contributed by atoms with Crippen LogP contribution >= 0.6 is 15.9 Å². The molecule has 126 valence electrons. The van der Waals surface area contributed by atoms with Gasteiger partial charge in [-0.2, -0.15) is 0 Å². The van der Waals surface area contributed by atoms with Gasteiger partial charge < -0.3 is 10.1 Å². The van der Waals surface area contributed by atoms with Gasteiger partial charge in [0, 0.05) is 18.1 Å². The van der Waals surface area contributed by atoms with E-state index in [1.807, 2.05) is 0 Å². The fourth-order valence-corrected chi connectivity index (χ4v) is 2.53. The van der Waals surface area contributed by atoms with Gasteiger partial charge in [0.05, 0.1) is 12.3 Å². The maximum atomic E-state index is 13.3. The molecule has 2 heterocycles. The minimum atomic E-state index is -0.761. The Kier molecular flexibility index (Phi) is 4.71. The van der Waals surface area contributed by atoms with Crippen LogP contribution in [0.25, 0.3) is 17.2 Å². The predicted molar refractivity (Wildman–Crippen MR) is 83.4 cm³/mol. The van der Waals surface area contributed by atoms with Crippen LogP contribution in [0.2, 0.25) is 0 Å². The van der Waals surface area contributed by atoms with Crippen LogP contribution in [-0.4, -0.2) is 40.3 Å². The highest BCUT2D eigenvalue weighted by atomic mass is 79.9. The van der Waals surface area contributed by atoms with Crippen LogP contribution < -0.4 is 11.1 Å². The van der Waals surface area contributed by atoms with E-state index in [2.05, 4.69) is 36.7 Å². The van der Waals surface area contributed by atoms with Gasteiger partial charge in [-0.15, -0.1) is 0 Å². The van der Waals surface area contributed by atoms with Gasteiger partial charge in [-0.05, 0) is 44.4 Å². The Morgan fingerprint density at radius 2 is 2.21 bits per heavy atom. The molecule has 0 bridgehead atoms. The Morgan fingerprint density at radius 1 is 1.38 bits per heavy atom. The van der Waals surface area contributed by atoms with E-state index in [4.69, 9.17) is 13.9 Å². The van der Waals surface area contributed by atoms with Crippen LogP contribution in [0.5, 0.6) is 0 Å². The Labute approximate surface area is 142 Å². The lowest BCUT2D eigenvalue weighted by molar-refractivity contribution is 0.210. The van der Waals surface area contributed by atoms with Crippen LogP contribution in [0.4, 0.5) is 10.2 Å². The van der Waals surface area contributed by atoms with Crippen LogP contribution in [0.3, 0.4) is 0 Å². The van der Waals surface area contributed by atoms with Crippen molar-refractivity contribution in [1.82, 2.24) is 20.0 Å². The molecule has 3 aromatic rings. The number of hydrogen-bond donors (Lipinski definition) is 1. The summed E-state index contributed by atoms with van der Waals surface area (Å²) in [5.74, 6) is -0.884. The fraction of sp³-hybridized carbons (Fsp3) is 0.231. The van der Waals surface area contributed by atoms with Gasteiger partial charge >= 0.3 is 5.76 Å². The van der Waals surface area contributed by atoms with Crippen LogP contribution in [0, 0.1) is 5.82 Å². The quantitative estimate of drug-likeness (QED) is 0.625. The number of rotatable bonds is 6. The summed E-state index contributed by atoms with van der Waals surface area (Å²) in [6.07, 6.45) is 0. The van der Waals surface area contributed by atoms with Gasteiger partial charge in [0.15, 0.2) is 5.69 Å². The van der Waals surface area contributed by atoms with Crippen LogP contribution in [0.1, 0.15) is 0 Å². The first-order valence-electron chi connectivity index (χ1n) is 6.71. The third-order valence-corrected chi connectivity index (χ3v) is 3.69. The molecule has 2 aromatic heterocycles. The van der Waals surface area contributed by atoms with Crippen molar-refractivity contribution in [3.63, 3.8) is 0 Å². The van der Waals surface area contributed by atoms with Gasteiger partial charge in [-0.3, -0.25) is 4.52 Å². The molecule has 0 aliphatic carbocycles. The molecule has 0 aliphatic heterocycles. The molecular weight excluding hydrogens is 389 g/mol. The largest absolute Gasteiger partial charge is 0.446 e. The third kappa shape index (κ3) is 3.08. The first-order valence-corrected chi connectivity index (χ1v) is 7.51. The Hall–Kier alpha value is -2.53. The molecule has 0 aliphatic rings. The van der Waals surface area contributed by atoms with Crippen LogP contribution in [-0.2, 0) is 4.74 Å². The lowest BCUT2D eigenvalue weighted by atomic mass is 10.3. The molecule has 0 amide bonds. The SMILES string of the molecule is COCCNc1nonc1-c1noc(=O)n1-c1ccc(F)cc1Br. The van der Waals surface area contributed by atoms with E-state index < -0.39 is 11.6 Å². The normalized spacial score (nSPS) is 11.0. The number of nitrogens with one attached hydrogen (secondary N) is 1. The average molecular weight is 400 g/mol. The third-order valence-electron chi connectivity index (χ3n) is 3.05. The zero-order valence-corrected chi connectivity index (χ0v) is 13.9. The van der Waals surface area contributed by atoms with Gasteiger partial charge in [0.1, 0.15) is 5.82 Å². The zero-order valence-electron chi connectivity index (χ0n) is 12.3. The number of nitrogens with zero attached hydrogens (tertiary/aromatic N) is 4. The number of aromatic nitrogens is 4. The molecule has 0 saturated heterocycles. The van der Waals surface area contributed by atoms with E-state index in [1.54, 1.807) is 7.11 Å². The Morgan fingerprint density at radius 3 is 2.96 bits per heavy atom. The molecular formula is C13H11BrFN5O4. The van der Waals surface area contributed by atoms with Gasteiger partial charge in [0.25, 0.3) is 0 Å². The van der Waals surface area contributed by atoms with Crippen molar-refractivity contribution < 1.29 is 18.3 Å². The van der Waals surface area contributed by atoms with E-state index >= 15 is 0 Å². The number of methoxy groups -OCH3 is 1. The molecule has 0 fully saturated rings. The molecule has 0 spiro atoms. The molecule has 0 saturated carbocycles.